The van der Waals surface area contributed by atoms with Gasteiger partial charge in [-0.15, -0.1) is 0 Å². The standard InChI is InChI=1S/C15H19BrN2O4/c1-4-21-15(20)8-11(3)17-18-14(19)9-22-12-5-6-13(16)10(2)7-12/h5-7H,4,8-9H2,1-3H3,(H,18,19)/b17-11+. The Morgan fingerprint density at radius 3 is 2.73 bits per heavy atom. The molecule has 0 bridgehead atoms. The molecule has 0 atom stereocenters. The smallest absolute Gasteiger partial charge is 0.311 e. The number of aryl methyl sites for hydroxylation is 1. The Morgan fingerprint density at radius 1 is 1.36 bits per heavy atom. The fourth-order valence-electron chi connectivity index (χ4n) is 1.51. The number of amides is 1. The maximum atomic E-state index is 11.6. The number of esters is 1. The molecule has 120 valence electrons. The van der Waals surface area contributed by atoms with Crippen molar-refractivity contribution in [2.45, 2.75) is 27.2 Å². The van der Waals surface area contributed by atoms with E-state index in [0.29, 0.717) is 18.1 Å². The van der Waals surface area contributed by atoms with E-state index in [9.17, 15) is 9.59 Å². The molecule has 0 aliphatic heterocycles. The predicted octanol–water partition coefficient (Wildman–Crippen LogP) is 2.58. The molecule has 0 saturated heterocycles. The lowest BCUT2D eigenvalue weighted by molar-refractivity contribution is -0.141. The van der Waals surface area contributed by atoms with E-state index in [1.807, 2.05) is 19.1 Å². The SMILES string of the molecule is CCOC(=O)C/C(C)=N/NC(=O)COc1ccc(Br)c(C)c1. The topological polar surface area (TPSA) is 77.0 Å². The number of carbonyl (C=O) groups is 2. The second kappa shape index (κ2) is 9.19. The number of hydrogen-bond donors (Lipinski definition) is 1. The molecular weight excluding hydrogens is 352 g/mol. The monoisotopic (exact) mass is 370 g/mol. The lowest BCUT2D eigenvalue weighted by Crippen LogP contribution is -2.26. The third-order valence-electron chi connectivity index (χ3n) is 2.58. The summed E-state index contributed by atoms with van der Waals surface area (Å²) < 4.78 is 11.1. The predicted molar refractivity (Wildman–Crippen MR) is 86.9 cm³/mol. The van der Waals surface area contributed by atoms with Crippen molar-refractivity contribution in [2.75, 3.05) is 13.2 Å². The van der Waals surface area contributed by atoms with E-state index in [1.54, 1.807) is 19.9 Å². The number of benzene rings is 1. The third-order valence-corrected chi connectivity index (χ3v) is 3.47. The van der Waals surface area contributed by atoms with E-state index in [2.05, 4.69) is 26.5 Å². The van der Waals surface area contributed by atoms with Gasteiger partial charge in [-0.25, -0.2) is 5.43 Å². The Balaban J connectivity index is 2.39. The number of carbonyl (C=O) groups excluding carboxylic acids is 2. The summed E-state index contributed by atoms with van der Waals surface area (Å²) in [7, 11) is 0. The fraction of sp³-hybridized carbons (Fsp3) is 0.400. The summed E-state index contributed by atoms with van der Waals surface area (Å²) in [5.41, 5.74) is 3.81. The average Bonchev–Trinajstić information content (AvgIpc) is 2.46. The number of ether oxygens (including phenoxy) is 2. The van der Waals surface area contributed by atoms with Gasteiger partial charge in [0.2, 0.25) is 0 Å². The molecular formula is C15H19BrN2O4. The van der Waals surface area contributed by atoms with E-state index in [0.717, 1.165) is 10.0 Å². The van der Waals surface area contributed by atoms with E-state index in [1.165, 1.54) is 0 Å². The van der Waals surface area contributed by atoms with Gasteiger partial charge in [-0.2, -0.15) is 5.10 Å². The van der Waals surface area contributed by atoms with Crippen molar-refractivity contribution < 1.29 is 19.1 Å². The molecule has 7 heteroatoms. The second-order valence-electron chi connectivity index (χ2n) is 4.56. The van der Waals surface area contributed by atoms with Gasteiger partial charge in [-0.3, -0.25) is 9.59 Å². The van der Waals surface area contributed by atoms with Gasteiger partial charge in [0.05, 0.1) is 13.0 Å². The first-order valence-corrected chi connectivity index (χ1v) is 7.58. The van der Waals surface area contributed by atoms with Crippen LogP contribution in [0.25, 0.3) is 0 Å². The fourth-order valence-corrected chi connectivity index (χ4v) is 1.75. The minimum Gasteiger partial charge on any atom is -0.484 e. The maximum absolute atomic E-state index is 11.6. The van der Waals surface area contributed by atoms with Crippen molar-refractivity contribution in [3.63, 3.8) is 0 Å². The van der Waals surface area contributed by atoms with Gasteiger partial charge >= 0.3 is 5.97 Å². The molecule has 0 unspecified atom stereocenters. The number of hydrogen-bond acceptors (Lipinski definition) is 5. The highest BCUT2D eigenvalue weighted by atomic mass is 79.9. The van der Waals surface area contributed by atoms with Crippen molar-refractivity contribution in [2.24, 2.45) is 5.10 Å². The van der Waals surface area contributed by atoms with Crippen LogP contribution < -0.4 is 10.2 Å². The molecule has 0 aliphatic rings. The minimum atomic E-state index is -0.399. The Labute approximate surface area is 138 Å². The molecule has 0 aliphatic carbocycles. The van der Waals surface area contributed by atoms with E-state index < -0.39 is 5.91 Å². The van der Waals surface area contributed by atoms with Crippen molar-refractivity contribution in [1.29, 1.82) is 0 Å². The lowest BCUT2D eigenvalue weighted by Gasteiger charge is -2.07. The van der Waals surface area contributed by atoms with Gasteiger partial charge in [-0.1, -0.05) is 15.9 Å². The molecule has 1 amide bonds. The Kier molecular flexibility index (Phi) is 7.59. The summed E-state index contributed by atoms with van der Waals surface area (Å²) in [4.78, 5) is 22.8. The van der Waals surface area contributed by atoms with Gasteiger partial charge in [0.15, 0.2) is 6.61 Å². The van der Waals surface area contributed by atoms with E-state index >= 15 is 0 Å². The molecule has 0 fully saturated rings. The first kappa shape index (κ1) is 18.2. The Morgan fingerprint density at radius 2 is 2.09 bits per heavy atom. The molecule has 1 aromatic carbocycles. The Hall–Kier alpha value is -1.89. The highest BCUT2D eigenvalue weighted by Gasteiger charge is 2.06. The number of nitrogens with zero attached hydrogens (tertiary/aromatic N) is 1. The zero-order valence-electron chi connectivity index (χ0n) is 12.8. The number of hydrazone groups is 1. The quantitative estimate of drug-likeness (QED) is 0.454. The molecule has 6 nitrogen and oxygen atoms in total. The molecule has 22 heavy (non-hydrogen) atoms. The van der Waals surface area contributed by atoms with Crippen LogP contribution in [0.4, 0.5) is 0 Å². The number of rotatable bonds is 7. The number of halogens is 1. The van der Waals surface area contributed by atoms with Gasteiger partial charge in [-0.05, 0) is 44.5 Å². The van der Waals surface area contributed by atoms with Crippen molar-refractivity contribution in [3.8, 4) is 5.75 Å². The van der Waals surface area contributed by atoms with Gasteiger partial charge in [0.25, 0.3) is 5.91 Å². The van der Waals surface area contributed by atoms with Crippen molar-refractivity contribution >= 4 is 33.5 Å². The summed E-state index contributed by atoms with van der Waals surface area (Å²) in [6.45, 7) is 5.46. The van der Waals surface area contributed by atoms with E-state index in [-0.39, 0.29) is 19.0 Å². The zero-order valence-corrected chi connectivity index (χ0v) is 14.4. The van der Waals surface area contributed by atoms with Crippen LogP contribution >= 0.6 is 15.9 Å². The third kappa shape index (κ3) is 6.71. The molecule has 0 saturated carbocycles. The largest absolute Gasteiger partial charge is 0.484 e. The van der Waals surface area contributed by atoms with Gasteiger partial charge in [0.1, 0.15) is 5.75 Å². The minimum absolute atomic E-state index is 0.0425. The first-order valence-electron chi connectivity index (χ1n) is 6.79. The van der Waals surface area contributed by atoms with Crippen molar-refractivity contribution in [3.05, 3.63) is 28.2 Å². The highest BCUT2D eigenvalue weighted by molar-refractivity contribution is 9.10. The van der Waals surface area contributed by atoms with Crippen LogP contribution in [0.1, 0.15) is 25.8 Å². The molecule has 0 radical (unpaired) electrons. The average molecular weight is 371 g/mol. The molecule has 0 heterocycles. The number of nitrogens with one attached hydrogen (secondary N) is 1. The summed E-state index contributed by atoms with van der Waals surface area (Å²) in [5.74, 6) is -0.175. The van der Waals surface area contributed by atoms with E-state index in [4.69, 9.17) is 9.47 Å². The van der Waals surface area contributed by atoms with Crippen LogP contribution in [0.3, 0.4) is 0 Å². The van der Waals surface area contributed by atoms with Crippen LogP contribution in [-0.4, -0.2) is 30.8 Å². The molecule has 1 aromatic rings. The Bertz CT molecular complexity index is 573. The van der Waals surface area contributed by atoms with Crippen LogP contribution in [0.15, 0.2) is 27.8 Å². The maximum Gasteiger partial charge on any atom is 0.311 e. The highest BCUT2D eigenvalue weighted by Crippen LogP contribution is 2.21. The van der Waals surface area contributed by atoms with Crippen molar-refractivity contribution in [1.82, 2.24) is 5.43 Å². The summed E-state index contributed by atoms with van der Waals surface area (Å²) >= 11 is 3.39. The van der Waals surface area contributed by atoms with Gasteiger partial charge in [0, 0.05) is 10.2 Å². The van der Waals surface area contributed by atoms with Crippen LogP contribution in [-0.2, 0) is 14.3 Å². The van der Waals surface area contributed by atoms with Gasteiger partial charge < -0.3 is 9.47 Å². The molecule has 1 rings (SSSR count). The summed E-state index contributed by atoms with van der Waals surface area (Å²) in [6, 6.07) is 5.44. The van der Waals surface area contributed by atoms with Crippen LogP contribution in [0, 0.1) is 6.92 Å². The van der Waals surface area contributed by atoms with Crippen LogP contribution in [0.5, 0.6) is 5.75 Å². The first-order chi connectivity index (χ1) is 10.4. The molecule has 0 aromatic heterocycles. The summed E-state index contributed by atoms with van der Waals surface area (Å²) in [6.07, 6.45) is 0.0425. The molecule has 1 N–H and O–H groups in total. The summed E-state index contributed by atoms with van der Waals surface area (Å²) in [5, 5.41) is 3.82. The molecule has 0 spiro atoms. The van der Waals surface area contributed by atoms with Crippen LogP contribution in [0.2, 0.25) is 0 Å². The second-order valence-corrected chi connectivity index (χ2v) is 5.42. The lowest BCUT2D eigenvalue weighted by atomic mass is 10.2. The normalized spacial score (nSPS) is 11.0. The zero-order chi connectivity index (χ0) is 16.5.